The Kier molecular flexibility index (Phi) is 4.17. The number of fused-ring (bicyclic) bond motifs is 1. The third-order valence-electron chi connectivity index (χ3n) is 3.03. The van der Waals surface area contributed by atoms with E-state index >= 15 is 0 Å². The van der Waals surface area contributed by atoms with E-state index in [2.05, 4.69) is 21.9 Å². The Morgan fingerprint density at radius 2 is 2.00 bits per heavy atom. The van der Waals surface area contributed by atoms with Crippen LogP contribution in [0.25, 0.3) is 11.0 Å². The molecular formula is C13H20N4O. The van der Waals surface area contributed by atoms with Crippen LogP contribution in [0.5, 0.6) is 0 Å². The lowest BCUT2D eigenvalue weighted by Gasteiger charge is -2.16. The number of benzene rings is 1. The minimum atomic E-state index is -0.154. The topological polar surface area (TPSA) is 77.9 Å². The van der Waals surface area contributed by atoms with Gasteiger partial charge in [0.1, 0.15) is 0 Å². The second-order valence-corrected chi connectivity index (χ2v) is 4.69. The number of aromatic amines is 2. The third-order valence-corrected chi connectivity index (χ3v) is 3.03. The van der Waals surface area contributed by atoms with Crippen molar-refractivity contribution in [3.8, 4) is 0 Å². The number of imidazole rings is 1. The predicted molar refractivity (Wildman–Crippen MR) is 73.5 cm³/mol. The fourth-order valence-corrected chi connectivity index (χ4v) is 2.09. The molecule has 0 spiro atoms. The number of nitrogens with two attached hydrogens (primary N) is 1. The summed E-state index contributed by atoms with van der Waals surface area (Å²) in [5, 5.41) is 0. The minimum absolute atomic E-state index is 0.154. The fourth-order valence-electron chi connectivity index (χ4n) is 2.09. The van der Waals surface area contributed by atoms with E-state index in [1.54, 1.807) is 0 Å². The van der Waals surface area contributed by atoms with Gasteiger partial charge in [-0.1, -0.05) is 6.07 Å². The highest BCUT2D eigenvalue weighted by molar-refractivity contribution is 5.74. The molecule has 0 aliphatic rings. The third kappa shape index (κ3) is 3.21. The van der Waals surface area contributed by atoms with E-state index in [4.69, 9.17) is 5.73 Å². The molecule has 4 N–H and O–H groups in total. The molecule has 2 rings (SSSR count). The van der Waals surface area contributed by atoms with Gasteiger partial charge in [0.05, 0.1) is 11.0 Å². The number of hydrogen-bond donors (Lipinski definition) is 3. The van der Waals surface area contributed by atoms with Crippen molar-refractivity contribution in [1.82, 2.24) is 14.9 Å². The van der Waals surface area contributed by atoms with Gasteiger partial charge in [-0.05, 0) is 50.7 Å². The van der Waals surface area contributed by atoms with Gasteiger partial charge in [-0.15, -0.1) is 0 Å². The van der Waals surface area contributed by atoms with Crippen LogP contribution in [0.1, 0.15) is 18.4 Å². The van der Waals surface area contributed by atoms with Gasteiger partial charge in [0.25, 0.3) is 0 Å². The van der Waals surface area contributed by atoms with Gasteiger partial charge in [-0.25, -0.2) is 4.79 Å². The van der Waals surface area contributed by atoms with Gasteiger partial charge in [-0.2, -0.15) is 0 Å². The molecule has 0 unspecified atom stereocenters. The maximum Gasteiger partial charge on any atom is 0.323 e. The zero-order valence-electron chi connectivity index (χ0n) is 10.7. The van der Waals surface area contributed by atoms with Crippen molar-refractivity contribution in [2.45, 2.75) is 19.4 Å². The summed E-state index contributed by atoms with van der Waals surface area (Å²) >= 11 is 0. The highest BCUT2D eigenvalue weighted by atomic mass is 16.1. The standard InChI is InChI=1S/C13H20N4O/c1-17(7-3-2-6-14)9-10-4-5-11-12(8-10)16-13(18)15-11/h4-5,8H,2-3,6-7,9,14H2,1H3,(H2,15,16,18). The summed E-state index contributed by atoms with van der Waals surface area (Å²) in [6.45, 7) is 2.68. The summed E-state index contributed by atoms with van der Waals surface area (Å²) in [5.41, 5.74) is 8.25. The highest BCUT2D eigenvalue weighted by Gasteiger charge is 2.03. The Balaban J connectivity index is 2.00. The maximum atomic E-state index is 11.2. The average molecular weight is 248 g/mol. The van der Waals surface area contributed by atoms with Gasteiger partial charge in [-0.3, -0.25) is 0 Å². The van der Waals surface area contributed by atoms with E-state index in [9.17, 15) is 4.79 Å². The zero-order chi connectivity index (χ0) is 13.0. The Bertz CT molecular complexity index is 557. The number of nitrogens with one attached hydrogen (secondary N) is 2. The van der Waals surface area contributed by atoms with Crippen LogP contribution in [-0.2, 0) is 6.54 Å². The van der Waals surface area contributed by atoms with Gasteiger partial charge >= 0.3 is 5.69 Å². The fraction of sp³-hybridized carbons (Fsp3) is 0.462. The number of aromatic nitrogens is 2. The van der Waals surface area contributed by atoms with E-state index in [1.165, 1.54) is 5.56 Å². The molecule has 0 saturated carbocycles. The van der Waals surface area contributed by atoms with Gasteiger partial charge in [0, 0.05) is 6.54 Å². The molecule has 0 bridgehead atoms. The Hall–Kier alpha value is -1.59. The minimum Gasteiger partial charge on any atom is -0.330 e. The molecule has 1 heterocycles. The second kappa shape index (κ2) is 5.84. The van der Waals surface area contributed by atoms with Crippen LogP contribution >= 0.6 is 0 Å². The summed E-state index contributed by atoms with van der Waals surface area (Å²) < 4.78 is 0. The highest BCUT2D eigenvalue weighted by Crippen LogP contribution is 2.11. The molecular weight excluding hydrogens is 228 g/mol. The lowest BCUT2D eigenvalue weighted by molar-refractivity contribution is 0.319. The van der Waals surface area contributed by atoms with Crippen LogP contribution < -0.4 is 11.4 Å². The molecule has 98 valence electrons. The van der Waals surface area contributed by atoms with Crippen molar-refractivity contribution in [1.29, 1.82) is 0 Å². The Labute approximate surface area is 106 Å². The molecule has 1 aromatic carbocycles. The van der Waals surface area contributed by atoms with Crippen LogP contribution in [0, 0.1) is 0 Å². The summed E-state index contributed by atoms with van der Waals surface area (Å²) in [4.78, 5) is 18.9. The smallest absolute Gasteiger partial charge is 0.323 e. The van der Waals surface area contributed by atoms with E-state index in [0.717, 1.165) is 43.5 Å². The first kappa shape index (κ1) is 12.9. The van der Waals surface area contributed by atoms with Crippen molar-refractivity contribution in [2.75, 3.05) is 20.1 Å². The van der Waals surface area contributed by atoms with Crippen molar-refractivity contribution in [3.63, 3.8) is 0 Å². The molecule has 0 saturated heterocycles. The van der Waals surface area contributed by atoms with Crippen molar-refractivity contribution >= 4 is 11.0 Å². The number of unbranched alkanes of at least 4 members (excludes halogenated alkanes) is 1. The van der Waals surface area contributed by atoms with E-state index < -0.39 is 0 Å². The van der Waals surface area contributed by atoms with Crippen LogP contribution in [0.2, 0.25) is 0 Å². The molecule has 5 heteroatoms. The first-order valence-corrected chi connectivity index (χ1v) is 6.28. The summed E-state index contributed by atoms with van der Waals surface area (Å²) in [7, 11) is 2.10. The van der Waals surface area contributed by atoms with E-state index in [0.29, 0.717) is 0 Å². The van der Waals surface area contributed by atoms with Crippen molar-refractivity contribution < 1.29 is 0 Å². The molecule has 1 aromatic heterocycles. The predicted octanol–water partition coefficient (Wildman–Crippen LogP) is 1.03. The summed E-state index contributed by atoms with van der Waals surface area (Å²) in [6.07, 6.45) is 2.19. The molecule has 2 aromatic rings. The molecule has 0 fully saturated rings. The molecule has 5 nitrogen and oxygen atoms in total. The lowest BCUT2D eigenvalue weighted by Crippen LogP contribution is -2.19. The van der Waals surface area contributed by atoms with Crippen molar-refractivity contribution in [2.24, 2.45) is 5.73 Å². The Morgan fingerprint density at radius 3 is 2.78 bits per heavy atom. The maximum absolute atomic E-state index is 11.2. The molecule has 0 amide bonds. The van der Waals surface area contributed by atoms with E-state index in [-0.39, 0.29) is 5.69 Å². The molecule has 0 aliphatic heterocycles. The molecule has 18 heavy (non-hydrogen) atoms. The van der Waals surface area contributed by atoms with Crippen LogP contribution in [0.4, 0.5) is 0 Å². The average Bonchev–Trinajstić information content (AvgIpc) is 2.69. The number of rotatable bonds is 6. The second-order valence-electron chi connectivity index (χ2n) is 4.69. The number of H-pyrrole nitrogens is 2. The van der Waals surface area contributed by atoms with Gasteiger partial charge in [0.15, 0.2) is 0 Å². The first-order chi connectivity index (χ1) is 8.69. The van der Waals surface area contributed by atoms with Crippen LogP contribution in [0.15, 0.2) is 23.0 Å². The first-order valence-electron chi connectivity index (χ1n) is 6.28. The number of nitrogens with zero attached hydrogens (tertiary/aromatic N) is 1. The number of hydrogen-bond acceptors (Lipinski definition) is 3. The summed E-state index contributed by atoms with van der Waals surface area (Å²) in [6, 6.07) is 6.01. The summed E-state index contributed by atoms with van der Waals surface area (Å²) in [5.74, 6) is 0. The molecule has 0 aliphatic carbocycles. The van der Waals surface area contributed by atoms with Crippen LogP contribution in [-0.4, -0.2) is 35.0 Å². The Morgan fingerprint density at radius 1 is 1.22 bits per heavy atom. The molecule has 0 atom stereocenters. The lowest BCUT2D eigenvalue weighted by atomic mass is 10.2. The largest absolute Gasteiger partial charge is 0.330 e. The van der Waals surface area contributed by atoms with Gasteiger partial charge in [0.2, 0.25) is 0 Å². The quantitative estimate of drug-likeness (QED) is 0.668. The zero-order valence-corrected chi connectivity index (χ0v) is 10.7. The molecule has 0 radical (unpaired) electrons. The normalized spacial score (nSPS) is 11.5. The monoisotopic (exact) mass is 248 g/mol. The SMILES string of the molecule is CN(CCCCN)Cc1ccc2[nH]c(=O)[nH]c2c1. The van der Waals surface area contributed by atoms with Gasteiger partial charge < -0.3 is 20.6 Å². The van der Waals surface area contributed by atoms with Crippen molar-refractivity contribution in [3.05, 3.63) is 34.2 Å². The van der Waals surface area contributed by atoms with Crippen LogP contribution in [0.3, 0.4) is 0 Å². The van der Waals surface area contributed by atoms with E-state index in [1.807, 2.05) is 18.2 Å².